The molecule has 0 saturated heterocycles. The number of rotatable bonds is 0. The predicted molar refractivity (Wildman–Crippen MR) is 34.7 cm³/mol. The first kappa shape index (κ1) is 9.79. The second-order valence-electron chi connectivity index (χ2n) is 1.28. The molecule has 0 amide bonds. The van der Waals surface area contributed by atoms with E-state index in [1.54, 1.807) is 0 Å². The van der Waals surface area contributed by atoms with Gasteiger partial charge in [0.1, 0.15) is 0 Å². The molecule has 0 N–H and O–H groups in total. The van der Waals surface area contributed by atoms with E-state index in [4.69, 9.17) is 0 Å². The monoisotopic (exact) mass is 187 g/mol. The van der Waals surface area contributed by atoms with Gasteiger partial charge in [-0.25, -0.2) is 0 Å². The number of hydrogen-bond donors (Lipinski definition) is 0. The Balaban J connectivity index is 0. The van der Waals surface area contributed by atoms with Crippen LogP contribution in [-0.4, -0.2) is 25.8 Å². The van der Waals surface area contributed by atoms with Crippen molar-refractivity contribution >= 4 is 25.8 Å². The molecule has 0 aromatic rings. The molecule has 0 heterocycles. The molecule has 0 rings (SSSR count). The van der Waals surface area contributed by atoms with Crippen molar-refractivity contribution < 1.29 is 0 Å². The summed E-state index contributed by atoms with van der Waals surface area (Å²) in [5.74, 6) is 0. The van der Waals surface area contributed by atoms with Gasteiger partial charge in [0.05, 0.1) is 0 Å². The van der Waals surface area contributed by atoms with Crippen LogP contribution in [0.4, 0.5) is 0 Å². The van der Waals surface area contributed by atoms with Crippen molar-refractivity contribution in [2.45, 2.75) is 13.8 Å². The molecule has 0 spiro atoms. The molecule has 0 saturated carbocycles. The second kappa shape index (κ2) is 5.61. The van der Waals surface area contributed by atoms with E-state index in [2.05, 4.69) is 6.92 Å². The minimum absolute atomic E-state index is 0. The summed E-state index contributed by atoms with van der Waals surface area (Å²) in [6, 6.07) is 0. The third kappa shape index (κ3) is 8.82. The van der Waals surface area contributed by atoms with Crippen molar-refractivity contribution in [1.82, 2.24) is 0 Å². The normalized spacial score (nSPS) is 5.83. The molecule has 0 aromatic heterocycles. The molecule has 0 aliphatic carbocycles. The van der Waals surface area contributed by atoms with Gasteiger partial charge in [0.15, 0.2) is 0 Å². The van der Waals surface area contributed by atoms with E-state index < -0.39 is 0 Å². The van der Waals surface area contributed by atoms with Gasteiger partial charge in [-0.1, -0.05) is 11.6 Å². The van der Waals surface area contributed by atoms with Gasteiger partial charge in [-0.15, -0.1) is 0 Å². The summed E-state index contributed by atoms with van der Waals surface area (Å²) in [4.78, 5) is 0. The van der Waals surface area contributed by atoms with E-state index in [0.29, 0.717) is 0 Å². The summed E-state index contributed by atoms with van der Waals surface area (Å²) in [5.41, 5.74) is 1.27. The zero-order valence-corrected chi connectivity index (χ0v) is 3.78. The molecule has 6 heavy (non-hydrogen) atoms. The van der Waals surface area contributed by atoms with Crippen LogP contribution in [-0.2, 0) is 0 Å². The molecule has 0 aliphatic heterocycles. The van der Waals surface area contributed by atoms with Crippen LogP contribution in [0.3, 0.4) is 0 Å². The molecule has 0 bridgehead atoms. The quantitative estimate of drug-likeness (QED) is 0.520. The van der Waals surface area contributed by atoms with Crippen LogP contribution < -0.4 is 0 Å². The fraction of sp³-hybridized carbons (Fsp3) is 0.400. The molecular formula is C5H12In. The molecular weight excluding hydrogens is 175 g/mol. The zero-order chi connectivity index (χ0) is 4.28. The van der Waals surface area contributed by atoms with Gasteiger partial charge in [0.2, 0.25) is 0 Å². The van der Waals surface area contributed by atoms with E-state index in [1.165, 1.54) is 5.57 Å². The third-order valence-corrected chi connectivity index (χ3v) is 0.408. The van der Waals surface area contributed by atoms with Crippen molar-refractivity contribution in [2.75, 3.05) is 0 Å². The molecule has 0 aliphatic rings. The van der Waals surface area contributed by atoms with Gasteiger partial charge in [-0.3, -0.25) is 0 Å². The van der Waals surface area contributed by atoms with Gasteiger partial charge in [-0.05, 0) is 20.8 Å². The van der Waals surface area contributed by atoms with Gasteiger partial charge >= 0.3 is 25.8 Å². The summed E-state index contributed by atoms with van der Waals surface area (Å²) in [6.45, 7) is 7.56. The van der Waals surface area contributed by atoms with Gasteiger partial charge < -0.3 is 0 Å². The SMILES string of the molecule is [CH2]C=C(C)C.[InH3]. The Morgan fingerprint density at radius 3 is 1.67 bits per heavy atom. The first-order valence-electron chi connectivity index (χ1n) is 1.70. The van der Waals surface area contributed by atoms with E-state index >= 15 is 0 Å². The van der Waals surface area contributed by atoms with Crippen LogP contribution >= 0.6 is 0 Å². The van der Waals surface area contributed by atoms with Crippen molar-refractivity contribution in [1.29, 1.82) is 0 Å². The van der Waals surface area contributed by atoms with Crippen molar-refractivity contribution in [3.05, 3.63) is 18.6 Å². The predicted octanol–water partition coefficient (Wildman–Crippen LogP) is 0.603. The minimum atomic E-state index is 0. The van der Waals surface area contributed by atoms with Gasteiger partial charge in [0, 0.05) is 0 Å². The van der Waals surface area contributed by atoms with Crippen LogP contribution in [0.25, 0.3) is 0 Å². The number of hydrogen-bond acceptors (Lipinski definition) is 0. The summed E-state index contributed by atoms with van der Waals surface area (Å²) < 4.78 is 0. The molecule has 1 radical (unpaired) electrons. The fourth-order valence-electron chi connectivity index (χ4n) is 0. The molecule has 0 unspecified atom stereocenters. The van der Waals surface area contributed by atoms with Crippen LogP contribution in [0.1, 0.15) is 13.8 Å². The van der Waals surface area contributed by atoms with Crippen molar-refractivity contribution in [2.24, 2.45) is 0 Å². The van der Waals surface area contributed by atoms with Crippen LogP contribution in [0.5, 0.6) is 0 Å². The second-order valence-corrected chi connectivity index (χ2v) is 1.28. The van der Waals surface area contributed by atoms with E-state index in [-0.39, 0.29) is 25.8 Å². The topological polar surface area (TPSA) is 0 Å². The average Bonchev–Trinajstić information content (AvgIpc) is 1.38. The average molecular weight is 187 g/mol. The molecule has 0 fully saturated rings. The molecule has 1 heteroatoms. The Morgan fingerprint density at radius 2 is 1.67 bits per heavy atom. The Hall–Kier alpha value is 0.610. The summed E-state index contributed by atoms with van der Waals surface area (Å²) in [5, 5.41) is 0. The van der Waals surface area contributed by atoms with Crippen molar-refractivity contribution in [3.8, 4) is 0 Å². The van der Waals surface area contributed by atoms with Crippen molar-refractivity contribution in [3.63, 3.8) is 0 Å². The molecule has 0 atom stereocenters. The summed E-state index contributed by atoms with van der Waals surface area (Å²) in [6.07, 6.45) is 1.83. The molecule has 35 valence electrons. The Kier molecular flexibility index (Phi) is 9.15. The van der Waals surface area contributed by atoms with Crippen LogP contribution in [0.2, 0.25) is 0 Å². The van der Waals surface area contributed by atoms with E-state index in [0.717, 1.165) is 0 Å². The number of allylic oxidation sites excluding steroid dienone is 2. The van der Waals surface area contributed by atoms with E-state index in [1.807, 2.05) is 19.9 Å². The zero-order valence-electron chi connectivity index (χ0n) is 3.78. The van der Waals surface area contributed by atoms with Crippen LogP contribution in [0.15, 0.2) is 11.6 Å². The maximum atomic E-state index is 3.52. The van der Waals surface area contributed by atoms with Crippen LogP contribution in [0, 0.1) is 6.92 Å². The summed E-state index contributed by atoms with van der Waals surface area (Å²) >= 11 is 0. The summed E-state index contributed by atoms with van der Waals surface area (Å²) in [7, 11) is 0. The maximum absolute atomic E-state index is 3.52. The Morgan fingerprint density at radius 1 is 1.50 bits per heavy atom. The third-order valence-electron chi connectivity index (χ3n) is 0.408. The first-order valence-corrected chi connectivity index (χ1v) is 1.70. The molecule has 0 aromatic carbocycles. The standard InChI is InChI=1S/C5H9.In.3H/c1-4-5(2)3;;;;/h4H,1H2,2-3H3;;;;. The Bertz CT molecular complexity index is 41.9. The van der Waals surface area contributed by atoms with E-state index in [9.17, 15) is 0 Å². The fourth-order valence-corrected chi connectivity index (χ4v) is 0. The van der Waals surface area contributed by atoms with Gasteiger partial charge in [0.25, 0.3) is 0 Å². The first-order chi connectivity index (χ1) is 2.27. The van der Waals surface area contributed by atoms with Gasteiger partial charge in [-0.2, -0.15) is 0 Å². The Labute approximate surface area is 58.4 Å². The molecule has 0 nitrogen and oxygen atoms in total.